The van der Waals surface area contributed by atoms with Crippen molar-refractivity contribution in [1.29, 1.82) is 0 Å². The van der Waals surface area contributed by atoms with Crippen molar-refractivity contribution in [3.8, 4) is 0 Å². The van der Waals surface area contributed by atoms with E-state index in [2.05, 4.69) is 25.1 Å². The number of aryl methyl sites for hydroxylation is 2. The van der Waals surface area contributed by atoms with Crippen molar-refractivity contribution in [2.75, 3.05) is 0 Å². The van der Waals surface area contributed by atoms with E-state index in [9.17, 15) is 5.11 Å². The second kappa shape index (κ2) is 4.13. The largest absolute Gasteiger partial charge is 0.385 e. The Bertz CT molecular complexity index is 424. The van der Waals surface area contributed by atoms with Crippen LogP contribution in [0.1, 0.15) is 55.7 Å². The van der Waals surface area contributed by atoms with Crippen LogP contribution in [0, 0.1) is 5.92 Å². The number of hydrogen-bond acceptors (Lipinski definition) is 1. The van der Waals surface area contributed by atoms with Crippen LogP contribution in [0.4, 0.5) is 0 Å². The molecule has 2 unspecified atom stereocenters. The van der Waals surface area contributed by atoms with Gasteiger partial charge in [0, 0.05) is 0 Å². The molecule has 0 amide bonds. The van der Waals surface area contributed by atoms with Crippen molar-refractivity contribution >= 4 is 0 Å². The van der Waals surface area contributed by atoms with Crippen molar-refractivity contribution in [2.24, 2.45) is 5.92 Å². The number of rotatable bonds is 1. The van der Waals surface area contributed by atoms with Crippen molar-refractivity contribution in [1.82, 2.24) is 0 Å². The van der Waals surface area contributed by atoms with Gasteiger partial charge in [-0.2, -0.15) is 0 Å². The normalized spacial score (nSPS) is 32.5. The van der Waals surface area contributed by atoms with Gasteiger partial charge in [0.15, 0.2) is 0 Å². The maximum absolute atomic E-state index is 10.8. The molecule has 2 aliphatic rings. The van der Waals surface area contributed by atoms with Gasteiger partial charge in [-0.3, -0.25) is 0 Å². The average molecular weight is 230 g/mol. The van der Waals surface area contributed by atoms with Crippen LogP contribution in [-0.2, 0) is 18.4 Å². The van der Waals surface area contributed by atoms with E-state index in [0.717, 1.165) is 19.3 Å². The maximum Gasteiger partial charge on any atom is 0.0899 e. The van der Waals surface area contributed by atoms with Crippen molar-refractivity contribution in [3.63, 3.8) is 0 Å². The van der Waals surface area contributed by atoms with E-state index in [4.69, 9.17) is 0 Å². The molecule has 0 saturated heterocycles. The van der Waals surface area contributed by atoms with Gasteiger partial charge in [0.25, 0.3) is 0 Å². The smallest absolute Gasteiger partial charge is 0.0899 e. The lowest BCUT2D eigenvalue weighted by atomic mass is 9.74. The molecule has 1 aromatic rings. The summed E-state index contributed by atoms with van der Waals surface area (Å²) in [5, 5.41) is 10.8. The van der Waals surface area contributed by atoms with Crippen LogP contribution in [0.5, 0.6) is 0 Å². The van der Waals surface area contributed by atoms with Gasteiger partial charge in [0.05, 0.1) is 5.60 Å². The lowest BCUT2D eigenvalue weighted by molar-refractivity contribution is -0.0179. The van der Waals surface area contributed by atoms with E-state index in [-0.39, 0.29) is 0 Å². The summed E-state index contributed by atoms with van der Waals surface area (Å²) < 4.78 is 0. The fourth-order valence-electron chi connectivity index (χ4n) is 3.65. The van der Waals surface area contributed by atoms with E-state index in [0.29, 0.717) is 5.92 Å². The molecule has 0 radical (unpaired) electrons. The first-order chi connectivity index (χ1) is 8.17. The third-order valence-corrected chi connectivity index (χ3v) is 4.61. The van der Waals surface area contributed by atoms with Gasteiger partial charge in [0.2, 0.25) is 0 Å². The summed E-state index contributed by atoms with van der Waals surface area (Å²) in [6.07, 6.45) is 8.02. The summed E-state index contributed by atoms with van der Waals surface area (Å²) in [6, 6.07) is 6.69. The lowest BCUT2D eigenvalue weighted by Crippen LogP contribution is -2.31. The molecule has 2 atom stereocenters. The number of aliphatic hydroxyl groups is 1. The Morgan fingerprint density at radius 3 is 2.82 bits per heavy atom. The zero-order valence-corrected chi connectivity index (χ0v) is 10.7. The van der Waals surface area contributed by atoms with Crippen LogP contribution in [0.15, 0.2) is 18.2 Å². The second-order valence-electron chi connectivity index (χ2n) is 6.07. The van der Waals surface area contributed by atoms with Crippen LogP contribution in [0.3, 0.4) is 0 Å². The molecule has 0 spiro atoms. The molecule has 92 valence electrons. The summed E-state index contributed by atoms with van der Waals surface area (Å²) in [7, 11) is 0. The molecular weight excluding hydrogens is 208 g/mol. The molecule has 2 aliphatic carbocycles. The van der Waals surface area contributed by atoms with E-state index < -0.39 is 5.60 Å². The molecule has 0 aromatic heterocycles. The Labute approximate surface area is 104 Å². The minimum absolute atomic E-state index is 0.546. The fourth-order valence-corrected chi connectivity index (χ4v) is 3.65. The fraction of sp³-hybridized carbons (Fsp3) is 0.625. The average Bonchev–Trinajstić information content (AvgIpc) is 2.75. The van der Waals surface area contributed by atoms with Gasteiger partial charge in [-0.15, -0.1) is 0 Å². The molecule has 0 aliphatic heterocycles. The minimum Gasteiger partial charge on any atom is -0.385 e. The number of benzene rings is 1. The predicted octanol–water partition coefficient (Wildman–Crippen LogP) is 3.57. The Kier molecular flexibility index (Phi) is 2.74. The van der Waals surface area contributed by atoms with Crippen LogP contribution >= 0.6 is 0 Å². The molecule has 0 bridgehead atoms. The highest BCUT2D eigenvalue weighted by molar-refractivity contribution is 5.37. The van der Waals surface area contributed by atoms with Crippen molar-refractivity contribution in [3.05, 3.63) is 34.9 Å². The summed E-state index contributed by atoms with van der Waals surface area (Å²) in [5.41, 5.74) is 3.61. The van der Waals surface area contributed by atoms with E-state index >= 15 is 0 Å². The highest BCUT2D eigenvalue weighted by atomic mass is 16.3. The van der Waals surface area contributed by atoms with Crippen LogP contribution in [0.25, 0.3) is 0 Å². The third kappa shape index (κ3) is 2.01. The summed E-state index contributed by atoms with van der Waals surface area (Å²) in [5.74, 6) is 0.655. The number of fused-ring (bicyclic) bond motifs is 1. The Balaban J connectivity index is 1.92. The SMILES string of the molecule is CC1CCCC(O)(c2ccc3c(c2)CCC3)C1. The molecule has 1 nitrogen and oxygen atoms in total. The van der Waals surface area contributed by atoms with Gasteiger partial charge < -0.3 is 5.11 Å². The third-order valence-electron chi connectivity index (χ3n) is 4.61. The molecular formula is C16H22O. The zero-order chi connectivity index (χ0) is 11.9. The summed E-state index contributed by atoms with van der Waals surface area (Å²) >= 11 is 0. The standard InChI is InChI=1S/C16H22O/c1-12-4-3-9-16(17,11-12)15-8-7-13-5-2-6-14(13)10-15/h7-8,10,12,17H,2-6,9,11H2,1H3. The molecule has 1 fully saturated rings. The first-order valence-corrected chi connectivity index (χ1v) is 7.02. The maximum atomic E-state index is 10.8. The Morgan fingerprint density at radius 1 is 1.18 bits per heavy atom. The first kappa shape index (κ1) is 11.3. The monoisotopic (exact) mass is 230 g/mol. The van der Waals surface area contributed by atoms with Gasteiger partial charge in [-0.25, -0.2) is 0 Å². The molecule has 17 heavy (non-hydrogen) atoms. The molecule has 3 rings (SSSR count). The van der Waals surface area contributed by atoms with E-state index in [1.54, 1.807) is 0 Å². The first-order valence-electron chi connectivity index (χ1n) is 7.02. The number of hydrogen-bond donors (Lipinski definition) is 1. The second-order valence-corrected chi connectivity index (χ2v) is 6.07. The predicted molar refractivity (Wildman–Crippen MR) is 70.0 cm³/mol. The molecule has 1 heteroatoms. The summed E-state index contributed by atoms with van der Waals surface area (Å²) in [6.45, 7) is 2.26. The zero-order valence-electron chi connectivity index (χ0n) is 10.7. The lowest BCUT2D eigenvalue weighted by Gasteiger charge is -2.36. The topological polar surface area (TPSA) is 20.2 Å². The van der Waals surface area contributed by atoms with E-state index in [1.807, 2.05) is 0 Å². The Morgan fingerprint density at radius 2 is 2.00 bits per heavy atom. The molecule has 1 saturated carbocycles. The van der Waals surface area contributed by atoms with Crippen LogP contribution in [0.2, 0.25) is 0 Å². The van der Waals surface area contributed by atoms with Gasteiger partial charge in [-0.1, -0.05) is 31.5 Å². The van der Waals surface area contributed by atoms with Crippen molar-refractivity contribution < 1.29 is 5.11 Å². The van der Waals surface area contributed by atoms with Gasteiger partial charge in [-0.05, 0) is 61.1 Å². The van der Waals surface area contributed by atoms with Crippen LogP contribution < -0.4 is 0 Å². The summed E-state index contributed by atoms with van der Waals surface area (Å²) in [4.78, 5) is 0. The highest BCUT2D eigenvalue weighted by Gasteiger charge is 2.34. The highest BCUT2D eigenvalue weighted by Crippen LogP contribution is 2.40. The van der Waals surface area contributed by atoms with Crippen molar-refractivity contribution in [2.45, 2.75) is 57.5 Å². The van der Waals surface area contributed by atoms with Gasteiger partial charge in [0.1, 0.15) is 0 Å². The van der Waals surface area contributed by atoms with Crippen LogP contribution in [-0.4, -0.2) is 5.11 Å². The quantitative estimate of drug-likeness (QED) is 0.782. The Hall–Kier alpha value is -0.820. The molecule has 0 heterocycles. The minimum atomic E-state index is -0.546. The van der Waals surface area contributed by atoms with Gasteiger partial charge >= 0.3 is 0 Å². The molecule has 1 aromatic carbocycles. The van der Waals surface area contributed by atoms with E-state index in [1.165, 1.54) is 42.4 Å². The molecule has 1 N–H and O–H groups in total.